The number of ether oxygens (including phenoxy) is 1. The van der Waals surface area contributed by atoms with Crippen LogP contribution < -0.4 is 0 Å². The molecule has 0 aromatic heterocycles. The smallest absolute Gasteiger partial charge is 0.0674 e. The van der Waals surface area contributed by atoms with E-state index in [0.29, 0.717) is 12.1 Å². The molecule has 1 aliphatic heterocycles. The van der Waals surface area contributed by atoms with Crippen LogP contribution in [0, 0.1) is 0 Å². The molecule has 2 unspecified atom stereocenters. The van der Waals surface area contributed by atoms with Crippen molar-refractivity contribution in [1.82, 2.24) is 4.90 Å². The predicted molar refractivity (Wildman–Crippen MR) is 59.5 cm³/mol. The summed E-state index contributed by atoms with van der Waals surface area (Å²) in [5, 5.41) is 0. The van der Waals surface area contributed by atoms with Gasteiger partial charge in [0.2, 0.25) is 0 Å². The molecule has 0 aliphatic carbocycles. The molecule has 2 nitrogen and oxygen atoms in total. The van der Waals surface area contributed by atoms with Crippen LogP contribution in [-0.4, -0.2) is 42.5 Å². The summed E-state index contributed by atoms with van der Waals surface area (Å²) in [6, 6.07) is 0.594. The summed E-state index contributed by atoms with van der Waals surface area (Å²) in [6.45, 7) is 7.58. The standard InChI is InChI=1S/C10H21NOS/c1-9-8-12-10(2)7-11(9)5-3-4-6-13/h9-10,13H,3-8H2,1-2H3. The van der Waals surface area contributed by atoms with Crippen LogP contribution in [0.25, 0.3) is 0 Å². The molecule has 0 saturated carbocycles. The summed E-state index contributed by atoms with van der Waals surface area (Å²) in [4.78, 5) is 2.53. The van der Waals surface area contributed by atoms with E-state index in [2.05, 4.69) is 31.4 Å². The summed E-state index contributed by atoms with van der Waals surface area (Å²) in [5.74, 6) is 1.01. The molecule has 3 heteroatoms. The van der Waals surface area contributed by atoms with Gasteiger partial charge in [0.1, 0.15) is 0 Å². The van der Waals surface area contributed by atoms with E-state index >= 15 is 0 Å². The zero-order valence-corrected chi connectivity index (χ0v) is 9.59. The van der Waals surface area contributed by atoms with Crippen molar-refractivity contribution in [2.45, 2.75) is 38.8 Å². The molecule has 0 aromatic rings. The van der Waals surface area contributed by atoms with Crippen LogP contribution in [0.15, 0.2) is 0 Å². The number of rotatable bonds is 4. The van der Waals surface area contributed by atoms with Crippen molar-refractivity contribution in [3.8, 4) is 0 Å². The lowest BCUT2D eigenvalue weighted by molar-refractivity contribution is -0.0494. The van der Waals surface area contributed by atoms with Crippen LogP contribution in [0.1, 0.15) is 26.7 Å². The van der Waals surface area contributed by atoms with Crippen LogP contribution in [0.4, 0.5) is 0 Å². The SMILES string of the molecule is CC1CN(CCCCS)C(C)CO1. The van der Waals surface area contributed by atoms with Crippen molar-refractivity contribution >= 4 is 12.6 Å². The highest BCUT2D eigenvalue weighted by Crippen LogP contribution is 2.12. The van der Waals surface area contributed by atoms with Gasteiger partial charge in [0.05, 0.1) is 12.7 Å². The lowest BCUT2D eigenvalue weighted by Crippen LogP contribution is -2.47. The Bertz CT molecular complexity index is 143. The second-order valence-electron chi connectivity index (χ2n) is 3.92. The topological polar surface area (TPSA) is 12.5 Å². The van der Waals surface area contributed by atoms with E-state index < -0.39 is 0 Å². The Hall–Kier alpha value is 0.270. The van der Waals surface area contributed by atoms with Gasteiger partial charge in [0.25, 0.3) is 0 Å². The fourth-order valence-corrected chi connectivity index (χ4v) is 1.93. The van der Waals surface area contributed by atoms with Crippen LogP contribution in [0.3, 0.4) is 0 Å². The lowest BCUT2D eigenvalue weighted by atomic mass is 10.2. The minimum atomic E-state index is 0.409. The van der Waals surface area contributed by atoms with E-state index in [1.807, 2.05) is 0 Å². The van der Waals surface area contributed by atoms with Gasteiger partial charge in [0, 0.05) is 12.6 Å². The highest BCUT2D eigenvalue weighted by atomic mass is 32.1. The molecular formula is C10H21NOS. The average Bonchev–Trinajstić information content (AvgIpc) is 2.11. The third-order valence-electron chi connectivity index (χ3n) is 2.59. The third-order valence-corrected chi connectivity index (χ3v) is 2.91. The van der Waals surface area contributed by atoms with Gasteiger partial charge in [-0.25, -0.2) is 0 Å². The molecule has 0 bridgehead atoms. The van der Waals surface area contributed by atoms with Gasteiger partial charge < -0.3 is 4.74 Å². The average molecular weight is 203 g/mol. The molecule has 0 radical (unpaired) electrons. The second kappa shape index (κ2) is 5.89. The maximum atomic E-state index is 5.57. The van der Waals surface area contributed by atoms with Gasteiger partial charge >= 0.3 is 0 Å². The van der Waals surface area contributed by atoms with E-state index in [-0.39, 0.29) is 0 Å². The fourth-order valence-electron chi connectivity index (χ4n) is 1.71. The van der Waals surface area contributed by atoms with Crippen molar-refractivity contribution < 1.29 is 4.74 Å². The van der Waals surface area contributed by atoms with Gasteiger partial charge in [-0.3, -0.25) is 4.90 Å². The van der Waals surface area contributed by atoms with E-state index in [1.54, 1.807) is 0 Å². The van der Waals surface area contributed by atoms with Crippen LogP contribution in [0.2, 0.25) is 0 Å². The zero-order chi connectivity index (χ0) is 9.68. The van der Waals surface area contributed by atoms with Crippen molar-refractivity contribution in [3.63, 3.8) is 0 Å². The normalized spacial score (nSPS) is 30.7. The summed E-state index contributed by atoms with van der Waals surface area (Å²) >= 11 is 4.22. The second-order valence-corrected chi connectivity index (χ2v) is 4.37. The number of unbranched alkanes of at least 4 members (excludes halogenated alkanes) is 1. The van der Waals surface area contributed by atoms with Gasteiger partial charge in [-0.2, -0.15) is 12.6 Å². The molecule has 13 heavy (non-hydrogen) atoms. The molecule has 1 saturated heterocycles. The molecule has 0 aromatic carbocycles. The molecule has 0 N–H and O–H groups in total. The zero-order valence-electron chi connectivity index (χ0n) is 8.70. The van der Waals surface area contributed by atoms with E-state index in [0.717, 1.165) is 18.9 Å². The molecule has 0 amide bonds. The highest BCUT2D eigenvalue weighted by molar-refractivity contribution is 7.80. The Labute approximate surface area is 87.0 Å². The molecule has 2 atom stereocenters. The van der Waals surface area contributed by atoms with Gasteiger partial charge in [-0.15, -0.1) is 0 Å². The maximum Gasteiger partial charge on any atom is 0.0674 e. The molecule has 78 valence electrons. The number of hydrogen-bond acceptors (Lipinski definition) is 3. The quantitative estimate of drug-likeness (QED) is 0.552. The monoisotopic (exact) mass is 203 g/mol. The van der Waals surface area contributed by atoms with Crippen LogP contribution >= 0.6 is 12.6 Å². The Morgan fingerprint density at radius 1 is 1.38 bits per heavy atom. The minimum absolute atomic E-state index is 0.409. The molecular weight excluding hydrogens is 182 g/mol. The summed E-state index contributed by atoms with van der Waals surface area (Å²) < 4.78 is 5.57. The minimum Gasteiger partial charge on any atom is -0.376 e. The van der Waals surface area contributed by atoms with Gasteiger partial charge in [-0.05, 0) is 39.0 Å². The predicted octanol–water partition coefficient (Wildman–Crippen LogP) is 1.81. The first-order chi connectivity index (χ1) is 6.24. The summed E-state index contributed by atoms with van der Waals surface area (Å²) in [5.41, 5.74) is 0. The van der Waals surface area contributed by atoms with Crippen molar-refractivity contribution in [3.05, 3.63) is 0 Å². The molecule has 1 fully saturated rings. The first-order valence-corrected chi connectivity index (χ1v) is 5.83. The Kier molecular flexibility index (Phi) is 5.14. The molecule has 1 aliphatic rings. The largest absolute Gasteiger partial charge is 0.376 e. The van der Waals surface area contributed by atoms with Crippen LogP contribution in [-0.2, 0) is 4.74 Å². The summed E-state index contributed by atoms with van der Waals surface area (Å²) in [6.07, 6.45) is 2.90. The number of nitrogens with zero attached hydrogens (tertiary/aromatic N) is 1. The molecule has 1 heterocycles. The highest BCUT2D eigenvalue weighted by Gasteiger charge is 2.22. The maximum absolute atomic E-state index is 5.57. The van der Waals surface area contributed by atoms with E-state index in [9.17, 15) is 0 Å². The Balaban J connectivity index is 2.21. The van der Waals surface area contributed by atoms with Crippen LogP contribution in [0.5, 0.6) is 0 Å². The van der Waals surface area contributed by atoms with Gasteiger partial charge in [-0.1, -0.05) is 0 Å². The number of morpholine rings is 1. The lowest BCUT2D eigenvalue weighted by Gasteiger charge is -2.36. The molecule has 0 spiro atoms. The van der Waals surface area contributed by atoms with E-state index in [1.165, 1.54) is 19.4 Å². The fraction of sp³-hybridized carbons (Fsp3) is 1.00. The Morgan fingerprint density at radius 3 is 2.85 bits per heavy atom. The van der Waals surface area contributed by atoms with Gasteiger partial charge in [0.15, 0.2) is 0 Å². The molecule has 1 rings (SSSR count). The third kappa shape index (κ3) is 3.88. The summed E-state index contributed by atoms with van der Waals surface area (Å²) in [7, 11) is 0. The first-order valence-electron chi connectivity index (χ1n) is 5.20. The Morgan fingerprint density at radius 2 is 2.15 bits per heavy atom. The number of hydrogen-bond donors (Lipinski definition) is 1. The first kappa shape index (κ1) is 11.3. The van der Waals surface area contributed by atoms with Crippen molar-refractivity contribution in [1.29, 1.82) is 0 Å². The number of thiol groups is 1. The van der Waals surface area contributed by atoms with Crippen molar-refractivity contribution in [2.24, 2.45) is 0 Å². The van der Waals surface area contributed by atoms with E-state index in [4.69, 9.17) is 4.74 Å². The van der Waals surface area contributed by atoms with Crippen molar-refractivity contribution in [2.75, 3.05) is 25.4 Å².